The van der Waals surface area contributed by atoms with Gasteiger partial charge in [-0.3, -0.25) is 4.90 Å². The Kier molecular flexibility index (Phi) is 4.92. The van der Waals surface area contributed by atoms with Gasteiger partial charge < -0.3 is 10.5 Å². The quantitative estimate of drug-likeness (QED) is 0.671. The van der Waals surface area contributed by atoms with Crippen molar-refractivity contribution in [3.63, 3.8) is 0 Å². The molecule has 0 radical (unpaired) electrons. The van der Waals surface area contributed by atoms with Gasteiger partial charge in [0.15, 0.2) is 0 Å². The summed E-state index contributed by atoms with van der Waals surface area (Å²) in [6.07, 6.45) is 0.323. The molecule has 1 aromatic carbocycles. The number of hydrogen-bond donors (Lipinski definition) is 1. The second-order valence-electron chi connectivity index (χ2n) is 4.68. The number of nitrogen functional groups attached to an aromatic ring is 1. The van der Waals surface area contributed by atoms with Crippen LogP contribution in [0.15, 0.2) is 23.1 Å². The first-order chi connectivity index (χ1) is 8.70. The summed E-state index contributed by atoms with van der Waals surface area (Å²) >= 11 is 1.80. The first kappa shape index (κ1) is 13.7. The molecule has 2 N–H and O–H groups in total. The number of nitrogens with zero attached hydrogens (tertiary/aromatic N) is 1. The van der Waals surface area contributed by atoms with Crippen LogP contribution >= 0.6 is 11.8 Å². The fourth-order valence-electron chi connectivity index (χ4n) is 2.13. The smallest absolute Gasteiger partial charge is 0.0796 e. The topological polar surface area (TPSA) is 38.5 Å². The van der Waals surface area contributed by atoms with Gasteiger partial charge in [-0.15, -0.1) is 11.8 Å². The van der Waals surface area contributed by atoms with Gasteiger partial charge in [0.2, 0.25) is 0 Å². The van der Waals surface area contributed by atoms with Crippen molar-refractivity contribution in [2.75, 3.05) is 37.7 Å². The minimum absolute atomic E-state index is 0.323. The van der Waals surface area contributed by atoms with Crippen LogP contribution in [-0.2, 0) is 4.74 Å². The van der Waals surface area contributed by atoms with Crippen LogP contribution in [0.4, 0.5) is 5.69 Å². The molecule has 1 aliphatic rings. The first-order valence-corrected chi connectivity index (χ1v) is 7.51. The molecule has 18 heavy (non-hydrogen) atoms. The maximum atomic E-state index is 6.08. The molecule has 100 valence electrons. The fourth-order valence-corrected chi connectivity index (χ4v) is 3.19. The van der Waals surface area contributed by atoms with E-state index in [0.717, 1.165) is 43.2 Å². The van der Waals surface area contributed by atoms with Gasteiger partial charge in [0.1, 0.15) is 0 Å². The molecular weight excluding hydrogens is 244 g/mol. The lowest BCUT2D eigenvalue weighted by molar-refractivity contribution is -0.0137. The molecule has 1 heterocycles. The fraction of sp³-hybridized carbons (Fsp3) is 0.571. The number of benzene rings is 1. The van der Waals surface area contributed by atoms with Gasteiger partial charge in [0.25, 0.3) is 0 Å². The summed E-state index contributed by atoms with van der Waals surface area (Å²) in [5, 5.41) is 0. The highest BCUT2D eigenvalue weighted by molar-refractivity contribution is 7.99. The van der Waals surface area contributed by atoms with E-state index in [1.165, 1.54) is 4.90 Å². The first-order valence-electron chi connectivity index (χ1n) is 6.52. The highest BCUT2D eigenvalue weighted by atomic mass is 32.2. The van der Waals surface area contributed by atoms with E-state index in [-0.39, 0.29) is 0 Å². The Hall–Kier alpha value is -0.710. The highest BCUT2D eigenvalue weighted by Gasteiger charge is 2.19. The van der Waals surface area contributed by atoms with Gasteiger partial charge in [0, 0.05) is 29.4 Å². The van der Waals surface area contributed by atoms with Crippen molar-refractivity contribution in [1.29, 1.82) is 0 Å². The van der Waals surface area contributed by atoms with Gasteiger partial charge in [0.05, 0.1) is 12.7 Å². The highest BCUT2D eigenvalue weighted by Crippen LogP contribution is 2.28. The van der Waals surface area contributed by atoms with Gasteiger partial charge in [-0.1, -0.05) is 19.1 Å². The van der Waals surface area contributed by atoms with Gasteiger partial charge in [-0.2, -0.15) is 0 Å². The molecule has 1 atom stereocenters. The Balaban J connectivity index is 1.89. The zero-order valence-corrected chi connectivity index (χ0v) is 12.0. The van der Waals surface area contributed by atoms with E-state index in [2.05, 4.69) is 36.9 Å². The Bertz CT molecular complexity index is 397. The number of likely N-dealkylation sites (N-methyl/N-ethyl adjacent to an activating group) is 1. The summed E-state index contributed by atoms with van der Waals surface area (Å²) < 4.78 is 5.80. The van der Waals surface area contributed by atoms with Crippen LogP contribution in [0, 0.1) is 6.92 Å². The lowest BCUT2D eigenvalue weighted by atomic mass is 10.2. The van der Waals surface area contributed by atoms with Crippen molar-refractivity contribution >= 4 is 17.4 Å². The molecule has 0 spiro atoms. The van der Waals surface area contributed by atoms with Crippen LogP contribution < -0.4 is 5.73 Å². The molecular formula is C14H22N2OS. The number of nitrogens with two attached hydrogens (primary N) is 1. The maximum absolute atomic E-state index is 6.08. The molecule has 0 saturated carbocycles. The molecule has 1 saturated heterocycles. The molecule has 0 amide bonds. The SMILES string of the molecule is CCN1CCOC(CSc2cccc(C)c2N)C1. The molecule has 1 unspecified atom stereocenters. The third kappa shape index (κ3) is 3.40. The Labute approximate surface area is 114 Å². The van der Waals surface area contributed by atoms with Crippen LogP contribution in [0.2, 0.25) is 0 Å². The molecule has 4 heteroatoms. The van der Waals surface area contributed by atoms with Crippen molar-refractivity contribution in [2.24, 2.45) is 0 Å². The zero-order chi connectivity index (χ0) is 13.0. The second-order valence-corrected chi connectivity index (χ2v) is 5.75. The van der Waals surface area contributed by atoms with Crippen molar-refractivity contribution in [3.05, 3.63) is 23.8 Å². The molecule has 1 aliphatic heterocycles. The number of morpholine rings is 1. The average Bonchev–Trinajstić information content (AvgIpc) is 2.41. The maximum Gasteiger partial charge on any atom is 0.0796 e. The Morgan fingerprint density at radius 2 is 2.33 bits per heavy atom. The van der Waals surface area contributed by atoms with Crippen LogP contribution in [0.5, 0.6) is 0 Å². The molecule has 1 fully saturated rings. The van der Waals surface area contributed by atoms with Crippen LogP contribution in [0.25, 0.3) is 0 Å². The van der Waals surface area contributed by atoms with Gasteiger partial charge >= 0.3 is 0 Å². The van der Waals surface area contributed by atoms with E-state index in [1.807, 2.05) is 0 Å². The number of aryl methyl sites for hydroxylation is 1. The lowest BCUT2D eigenvalue weighted by Gasteiger charge is -2.31. The van der Waals surface area contributed by atoms with Crippen molar-refractivity contribution < 1.29 is 4.74 Å². The molecule has 1 aromatic rings. The van der Waals surface area contributed by atoms with Crippen LogP contribution in [0.3, 0.4) is 0 Å². The van der Waals surface area contributed by atoms with Crippen molar-refractivity contribution in [2.45, 2.75) is 24.8 Å². The zero-order valence-electron chi connectivity index (χ0n) is 11.2. The Morgan fingerprint density at radius 1 is 1.50 bits per heavy atom. The minimum Gasteiger partial charge on any atom is -0.398 e. The normalized spacial score (nSPS) is 21.1. The third-order valence-corrected chi connectivity index (χ3v) is 4.58. The van der Waals surface area contributed by atoms with Crippen molar-refractivity contribution in [3.8, 4) is 0 Å². The summed E-state index contributed by atoms with van der Waals surface area (Å²) in [7, 11) is 0. The van der Waals surface area contributed by atoms with E-state index < -0.39 is 0 Å². The molecule has 0 aromatic heterocycles. The minimum atomic E-state index is 0.323. The monoisotopic (exact) mass is 266 g/mol. The van der Waals surface area contributed by atoms with E-state index >= 15 is 0 Å². The van der Waals surface area contributed by atoms with E-state index in [0.29, 0.717) is 6.10 Å². The predicted octanol–water partition coefficient (Wildman–Crippen LogP) is 2.39. The number of ether oxygens (including phenoxy) is 1. The van der Waals surface area contributed by atoms with Crippen molar-refractivity contribution in [1.82, 2.24) is 4.90 Å². The van der Waals surface area contributed by atoms with Gasteiger partial charge in [-0.05, 0) is 25.1 Å². The predicted molar refractivity (Wildman–Crippen MR) is 78.2 cm³/mol. The van der Waals surface area contributed by atoms with Crippen LogP contribution in [-0.4, -0.2) is 43.0 Å². The summed E-state index contributed by atoms with van der Waals surface area (Å²) in [6.45, 7) is 8.31. The largest absolute Gasteiger partial charge is 0.398 e. The number of rotatable bonds is 4. The van der Waals surface area contributed by atoms with E-state index in [1.54, 1.807) is 11.8 Å². The molecule has 0 aliphatic carbocycles. The number of para-hydroxylation sites is 1. The average molecular weight is 266 g/mol. The summed E-state index contributed by atoms with van der Waals surface area (Å²) in [5.41, 5.74) is 8.14. The summed E-state index contributed by atoms with van der Waals surface area (Å²) in [6, 6.07) is 6.21. The second kappa shape index (κ2) is 6.45. The summed E-state index contributed by atoms with van der Waals surface area (Å²) in [5.74, 6) is 0.976. The van der Waals surface area contributed by atoms with E-state index in [4.69, 9.17) is 10.5 Å². The van der Waals surface area contributed by atoms with Crippen LogP contribution in [0.1, 0.15) is 12.5 Å². The van der Waals surface area contributed by atoms with Gasteiger partial charge in [-0.25, -0.2) is 0 Å². The summed E-state index contributed by atoms with van der Waals surface area (Å²) in [4.78, 5) is 3.61. The standard InChI is InChI=1S/C14H22N2OS/c1-3-16-7-8-17-12(9-16)10-18-13-6-4-5-11(2)14(13)15/h4-6,12H,3,7-10,15H2,1-2H3. The molecule has 0 bridgehead atoms. The number of hydrogen-bond acceptors (Lipinski definition) is 4. The Morgan fingerprint density at radius 3 is 3.11 bits per heavy atom. The number of thioether (sulfide) groups is 1. The van der Waals surface area contributed by atoms with E-state index in [9.17, 15) is 0 Å². The third-order valence-electron chi connectivity index (χ3n) is 3.38. The molecule has 3 nitrogen and oxygen atoms in total. The lowest BCUT2D eigenvalue weighted by Crippen LogP contribution is -2.43. The molecule has 2 rings (SSSR count). The number of anilines is 1.